The van der Waals surface area contributed by atoms with Crippen LogP contribution in [0.15, 0.2) is 48.7 Å². The molecule has 0 saturated heterocycles. The molecule has 3 aromatic rings. The van der Waals surface area contributed by atoms with Crippen LogP contribution >= 0.6 is 34.2 Å². The van der Waals surface area contributed by atoms with Crippen LogP contribution < -0.4 is 9.47 Å². The van der Waals surface area contributed by atoms with Crippen molar-refractivity contribution in [2.45, 2.75) is 45.4 Å². The van der Waals surface area contributed by atoms with E-state index < -0.39 is 6.10 Å². The van der Waals surface area contributed by atoms with Gasteiger partial charge in [-0.2, -0.15) is 0 Å². The Hall–Kier alpha value is -1.88. The van der Waals surface area contributed by atoms with E-state index in [-0.39, 0.29) is 25.2 Å². The average Bonchev–Trinajstić information content (AvgIpc) is 3.28. The van der Waals surface area contributed by atoms with Crippen LogP contribution in [0.3, 0.4) is 0 Å². The lowest BCUT2D eigenvalue weighted by atomic mass is 9.78. The lowest BCUT2D eigenvalue weighted by Gasteiger charge is -2.27. The molecule has 0 amide bonds. The summed E-state index contributed by atoms with van der Waals surface area (Å²) in [6.07, 6.45) is 0.691. The molecule has 1 heterocycles. The molecule has 7 nitrogen and oxygen atoms in total. The first-order valence-corrected chi connectivity index (χ1v) is 12.7. The van der Waals surface area contributed by atoms with Gasteiger partial charge in [0.1, 0.15) is 24.2 Å². The van der Waals surface area contributed by atoms with E-state index in [1.807, 2.05) is 30.3 Å². The van der Waals surface area contributed by atoms with Gasteiger partial charge in [0.2, 0.25) is 0 Å². The zero-order chi connectivity index (χ0) is 24.7. The van der Waals surface area contributed by atoms with Gasteiger partial charge >= 0.3 is 0 Å². The van der Waals surface area contributed by atoms with E-state index in [2.05, 4.69) is 65.8 Å². The van der Waals surface area contributed by atoms with E-state index >= 15 is 0 Å². The van der Waals surface area contributed by atoms with Gasteiger partial charge in [0.25, 0.3) is 0 Å². The smallest absolute Gasteiger partial charge is 0.132 e. The second-order valence-electron chi connectivity index (χ2n) is 8.90. The normalized spacial score (nSPS) is 13.5. The van der Waals surface area contributed by atoms with Gasteiger partial charge in [0, 0.05) is 17.2 Å². The highest BCUT2D eigenvalue weighted by Crippen LogP contribution is 2.35. The van der Waals surface area contributed by atoms with Gasteiger partial charge in [-0.15, -0.1) is 16.7 Å². The molecule has 0 aliphatic rings. The largest absolute Gasteiger partial charge is 0.492 e. The van der Waals surface area contributed by atoms with Crippen molar-refractivity contribution in [3.05, 3.63) is 69.1 Å². The second-order valence-corrected chi connectivity index (χ2v) is 10.4. The molecule has 2 atom stereocenters. The van der Waals surface area contributed by atoms with Crippen molar-refractivity contribution < 1.29 is 19.7 Å². The van der Waals surface area contributed by atoms with Crippen LogP contribution in [0.25, 0.3) is 0 Å². The predicted octanol–water partition coefficient (Wildman–Crippen LogP) is 4.39. The lowest BCUT2D eigenvalue weighted by Crippen LogP contribution is -2.25. The van der Waals surface area contributed by atoms with Crippen LogP contribution in [-0.4, -0.2) is 50.4 Å². The average molecular weight is 600 g/mol. The summed E-state index contributed by atoms with van der Waals surface area (Å²) in [5.41, 5.74) is 2.67. The summed E-state index contributed by atoms with van der Waals surface area (Å²) in [4.78, 5) is 0. The van der Waals surface area contributed by atoms with E-state index in [9.17, 15) is 10.2 Å². The van der Waals surface area contributed by atoms with Crippen LogP contribution in [-0.2, 0) is 18.6 Å². The van der Waals surface area contributed by atoms with Crippen molar-refractivity contribution in [1.29, 1.82) is 0 Å². The van der Waals surface area contributed by atoms with E-state index in [1.165, 1.54) is 16.4 Å². The van der Waals surface area contributed by atoms with Crippen molar-refractivity contribution in [3.63, 3.8) is 0 Å². The minimum atomic E-state index is -0.779. The molecule has 0 spiro atoms. The van der Waals surface area contributed by atoms with E-state index in [0.717, 1.165) is 14.9 Å². The van der Waals surface area contributed by atoms with Gasteiger partial charge in [-0.05, 0) is 58.0 Å². The van der Waals surface area contributed by atoms with Crippen LogP contribution in [0.5, 0.6) is 11.5 Å². The number of aliphatic hydroxyl groups is 2. The fraction of sp³-hybridized carbons (Fsp3) is 0.440. The number of nitrogens with zero attached hydrogens (tertiary/aromatic N) is 3. The molecule has 3 rings (SSSR count). The highest BCUT2D eigenvalue weighted by molar-refractivity contribution is 14.1. The van der Waals surface area contributed by atoms with Gasteiger partial charge in [-0.3, -0.25) is 0 Å². The number of alkyl halides is 1. The number of halogens is 2. The molecule has 184 valence electrons. The van der Waals surface area contributed by atoms with E-state index in [4.69, 9.17) is 21.1 Å². The Morgan fingerprint density at radius 3 is 2.44 bits per heavy atom. The maximum Gasteiger partial charge on any atom is 0.132 e. The van der Waals surface area contributed by atoms with Gasteiger partial charge < -0.3 is 19.7 Å². The Balaban J connectivity index is 1.61. The maximum absolute atomic E-state index is 10.3. The number of benzene rings is 2. The summed E-state index contributed by atoms with van der Waals surface area (Å²) < 4.78 is 14.2. The monoisotopic (exact) mass is 599 g/mol. The van der Waals surface area contributed by atoms with Gasteiger partial charge in [0.05, 0.1) is 35.2 Å². The van der Waals surface area contributed by atoms with Gasteiger partial charge in [-0.25, -0.2) is 4.68 Å². The molecule has 0 aliphatic heterocycles. The minimum Gasteiger partial charge on any atom is -0.492 e. The zero-order valence-corrected chi connectivity index (χ0v) is 22.5. The Bertz CT molecular complexity index is 1060. The minimum absolute atomic E-state index is 0.107. The molecule has 0 bridgehead atoms. The molecule has 0 radical (unpaired) electrons. The van der Waals surface area contributed by atoms with Crippen molar-refractivity contribution in [3.8, 4) is 11.5 Å². The standard InChI is InChI=1S/C25H31ClIN3O4/c1-17(11-26)15-34-24-9-6-19(10-23(24)27)25(2,3)18-4-7-22(8-5-18)33-16-21(32)13-30-20(14-31)12-28-29-30/h4-10,12,17,21,31-32H,11,13-16H2,1-3H3/t17-,21+/m0/s1. The molecule has 0 saturated carbocycles. The fourth-order valence-electron chi connectivity index (χ4n) is 3.42. The first-order valence-electron chi connectivity index (χ1n) is 11.1. The number of aromatic nitrogens is 3. The van der Waals surface area contributed by atoms with Gasteiger partial charge in [0.15, 0.2) is 0 Å². The summed E-state index contributed by atoms with van der Waals surface area (Å²) >= 11 is 8.19. The van der Waals surface area contributed by atoms with E-state index in [0.29, 0.717) is 29.8 Å². The molecule has 0 unspecified atom stereocenters. The molecular weight excluding hydrogens is 569 g/mol. The molecular formula is C25H31ClIN3O4. The SMILES string of the molecule is C[C@@H](CCl)COc1ccc(C(C)(C)c2ccc(OC[C@H](O)Cn3nncc3CO)cc2)cc1I. The van der Waals surface area contributed by atoms with Crippen LogP contribution in [0, 0.1) is 9.49 Å². The fourth-order valence-corrected chi connectivity index (χ4v) is 4.18. The summed E-state index contributed by atoms with van der Waals surface area (Å²) in [5, 5.41) is 27.1. The Kier molecular flexibility index (Phi) is 9.58. The Morgan fingerprint density at radius 1 is 1.09 bits per heavy atom. The van der Waals surface area contributed by atoms with Gasteiger partial charge in [-0.1, -0.05) is 44.2 Å². The first kappa shape index (κ1) is 26.7. The third kappa shape index (κ3) is 6.84. The van der Waals surface area contributed by atoms with Crippen molar-refractivity contribution in [1.82, 2.24) is 15.0 Å². The van der Waals surface area contributed by atoms with Crippen molar-refractivity contribution in [2.24, 2.45) is 5.92 Å². The Morgan fingerprint density at radius 2 is 1.79 bits per heavy atom. The number of aliphatic hydroxyl groups excluding tert-OH is 2. The zero-order valence-electron chi connectivity index (χ0n) is 19.6. The summed E-state index contributed by atoms with van der Waals surface area (Å²) in [5.74, 6) is 2.42. The van der Waals surface area contributed by atoms with Crippen LogP contribution in [0.2, 0.25) is 0 Å². The maximum atomic E-state index is 10.3. The highest BCUT2D eigenvalue weighted by Gasteiger charge is 2.24. The number of ether oxygens (including phenoxy) is 2. The van der Waals surface area contributed by atoms with Crippen molar-refractivity contribution >= 4 is 34.2 Å². The molecule has 0 fully saturated rings. The lowest BCUT2D eigenvalue weighted by molar-refractivity contribution is 0.0866. The molecule has 0 aliphatic carbocycles. The number of rotatable bonds is 12. The molecule has 34 heavy (non-hydrogen) atoms. The molecule has 2 aromatic carbocycles. The molecule has 1 aromatic heterocycles. The first-order chi connectivity index (χ1) is 16.2. The number of hydrogen-bond acceptors (Lipinski definition) is 6. The molecule has 2 N–H and O–H groups in total. The predicted molar refractivity (Wildman–Crippen MR) is 141 cm³/mol. The van der Waals surface area contributed by atoms with Crippen LogP contribution in [0.4, 0.5) is 0 Å². The quantitative estimate of drug-likeness (QED) is 0.237. The summed E-state index contributed by atoms with van der Waals surface area (Å²) in [6.45, 7) is 7.16. The van der Waals surface area contributed by atoms with Crippen LogP contribution in [0.1, 0.15) is 37.6 Å². The topological polar surface area (TPSA) is 89.6 Å². The second kappa shape index (κ2) is 12.2. The van der Waals surface area contributed by atoms with E-state index in [1.54, 1.807) is 0 Å². The third-order valence-corrected chi connectivity index (χ3v) is 7.07. The summed E-state index contributed by atoms with van der Waals surface area (Å²) in [7, 11) is 0. The third-order valence-electron chi connectivity index (χ3n) is 5.70. The number of hydrogen-bond donors (Lipinski definition) is 2. The highest BCUT2D eigenvalue weighted by atomic mass is 127. The Labute approximate surface area is 219 Å². The molecule has 9 heteroatoms. The summed E-state index contributed by atoms with van der Waals surface area (Å²) in [6, 6.07) is 14.2. The van der Waals surface area contributed by atoms with Crippen molar-refractivity contribution in [2.75, 3.05) is 19.1 Å².